The van der Waals surface area contributed by atoms with Gasteiger partial charge in [-0.25, -0.2) is 0 Å². The summed E-state index contributed by atoms with van der Waals surface area (Å²) in [5.74, 6) is -0.309. The van der Waals surface area contributed by atoms with Gasteiger partial charge in [0.1, 0.15) is 0 Å². The Labute approximate surface area is 95.0 Å². The molecule has 1 saturated heterocycles. The number of nitrogens with one attached hydrogen (secondary N) is 2. The van der Waals surface area contributed by atoms with Crippen LogP contribution >= 0.6 is 0 Å². The van der Waals surface area contributed by atoms with Gasteiger partial charge in [-0.3, -0.25) is 9.59 Å². The van der Waals surface area contributed by atoms with Gasteiger partial charge in [0.05, 0.1) is 18.7 Å². The van der Waals surface area contributed by atoms with E-state index in [9.17, 15) is 14.7 Å². The first-order valence-corrected chi connectivity index (χ1v) is 5.49. The number of carbonyl (C=O) groups is 2. The number of hydrogen-bond acceptors (Lipinski definition) is 4. The topological polar surface area (TPSA) is 81.7 Å². The van der Waals surface area contributed by atoms with Crippen LogP contribution in [0.3, 0.4) is 0 Å². The third kappa shape index (κ3) is 3.18. The van der Waals surface area contributed by atoms with Crippen LogP contribution in [-0.4, -0.2) is 60.6 Å². The van der Waals surface area contributed by atoms with Crippen molar-refractivity contribution in [2.75, 3.05) is 26.7 Å². The molecule has 1 fully saturated rings. The molecule has 6 heteroatoms. The molecule has 0 spiro atoms. The average Bonchev–Trinajstić information content (AvgIpc) is 2.71. The zero-order valence-corrected chi connectivity index (χ0v) is 9.69. The molecular formula is C10H19N3O3. The van der Waals surface area contributed by atoms with Gasteiger partial charge in [-0.15, -0.1) is 0 Å². The second-order valence-corrected chi connectivity index (χ2v) is 3.88. The van der Waals surface area contributed by atoms with Crippen molar-refractivity contribution in [3.05, 3.63) is 0 Å². The lowest BCUT2D eigenvalue weighted by Crippen LogP contribution is -2.47. The van der Waals surface area contributed by atoms with Crippen molar-refractivity contribution in [3.63, 3.8) is 0 Å². The lowest BCUT2D eigenvalue weighted by atomic mass is 10.2. The summed E-state index contributed by atoms with van der Waals surface area (Å²) in [5, 5.41) is 14.7. The normalized spacial score (nSPS) is 24.2. The maximum Gasteiger partial charge on any atom is 0.240 e. The summed E-state index contributed by atoms with van der Waals surface area (Å²) >= 11 is 0. The van der Waals surface area contributed by atoms with E-state index in [1.807, 2.05) is 6.92 Å². The molecule has 0 radical (unpaired) electrons. The lowest BCUT2D eigenvalue weighted by molar-refractivity contribution is -0.137. The van der Waals surface area contributed by atoms with E-state index >= 15 is 0 Å². The number of likely N-dealkylation sites (N-methyl/N-ethyl adjacent to an activating group) is 2. The first kappa shape index (κ1) is 12.9. The van der Waals surface area contributed by atoms with Crippen molar-refractivity contribution in [1.29, 1.82) is 0 Å². The second-order valence-electron chi connectivity index (χ2n) is 3.88. The molecule has 16 heavy (non-hydrogen) atoms. The maximum atomic E-state index is 11.9. The molecule has 1 heterocycles. The van der Waals surface area contributed by atoms with Gasteiger partial charge in [-0.05, 0) is 13.3 Å². The van der Waals surface area contributed by atoms with Crippen LogP contribution in [-0.2, 0) is 9.59 Å². The molecule has 6 nitrogen and oxygen atoms in total. The van der Waals surface area contributed by atoms with Crippen molar-refractivity contribution in [1.82, 2.24) is 15.5 Å². The van der Waals surface area contributed by atoms with Crippen LogP contribution in [0.5, 0.6) is 0 Å². The Balaban J connectivity index is 2.52. The predicted molar refractivity (Wildman–Crippen MR) is 58.7 cm³/mol. The number of aliphatic hydroxyl groups excluding tert-OH is 1. The van der Waals surface area contributed by atoms with Gasteiger partial charge in [0.25, 0.3) is 0 Å². The molecular weight excluding hydrogens is 210 g/mol. The molecule has 2 unspecified atom stereocenters. The molecule has 0 bridgehead atoms. The molecule has 0 aromatic rings. The fourth-order valence-corrected chi connectivity index (χ4v) is 1.72. The van der Waals surface area contributed by atoms with Crippen molar-refractivity contribution in [2.24, 2.45) is 0 Å². The van der Waals surface area contributed by atoms with E-state index < -0.39 is 6.10 Å². The average molecular weight is 229 g/mol. The Hall–Kier alpha value is -1.14. The van der Waals surface area contributed by atoms with Gasteiger partial charge in [0.2, 0.25) is 11.8 Å². The van der Waals surface area contributed by atoms with Crippen molar-refractivity contribution < 1.29 is 14.7 Å². The van der Waals surface area contributed by atoms with E-state index in [0.29, 0.717) is 19.5 Å². The summed E-state index contributed by atoms with van der Waals surface area (Å²) in [6.45, 7) is 2.82. The Morgan fingerprint density at radius 1 is 1.56 bits per heavy atom. The smallest absolute Gasteiger partial charge is 0.240 e. The number of hydrogen-bond donors (Lipinski definition) is 3. The van der Waals surface area contributed by atoms with Crippen molar-refractivity contribution in [3.8, 4) is 0 Å². The first-order chi connectivity index (χ1) is 7.58. The molecule has 92 valence electrons. The third-order valence-corrected chi connectivity index (χ3v) is 2.71. The van der Waals surface area contributed by atoms with E-state index in [4.69, 9.17) is 0 Å². The first-order valence-electron chi connectivity index (χ1n) is 5.49. The van der Waals surface area contributed by atoms with Gasteiger partial charge in [-0.1, -0.05) is 0 Å². The van der Waals surface area contributed by atoms with Gasteiger partial charge in [0.15, 0.2) is 0 Å². The molecule has 1 rings (SSSR count). The minimum atomic E-state index is -0.465. The number of nitrogens with zero attached hydrogens (tertiary/aromatic N) is 1. The highest BCUT2D eigenvalue weighted by Gasteiger charge is 2.31. The molecule has 0 aromatic heterocycles. The fraction of sp³-hybridized carbons (Fsp3) is 0.800. The summed E-state index contributed by atoms with van der Waals surface area (Å²) in [6, 6.07) is -0.361. The SMILES string of the molecule is CCN(CC(=O)NC)C(=O)C1CC(O)CN1. The van der Waals surface area contributed by atoms with Gasteiger partial charge in [0, 0.05) is 20.1 Å². The number of aliphatic hydroxyl groups is 1. The third-order valence-electron chi connectivity index (χ3n) is 2.71. The highest BCUT2D eigenvalue weighted by molar-refractivity contribution is 5.87. The van der Waals surface area contributed by atoms with Crippen LogP contribution in [0.4, 0.5) is 0 Å². The van der Waals surface area contributed by atoms with E-state index in [2.05, 4.69) is 10.6 Å². The Morgan fingerprint density at radius 3 is 2.69 bits per heavy atom. The molecule has 2 atom stereocenters. The molecule has 3 N–H and O–H groups in total. The summed E-state index contributed by atoms with van der Waals surface area (Å²) in [6.07, 6.45) is -0.0454. The van der Waals surface area contributed by atoms with E-state index in [-0.39, 0.29) is 24.4 Å². The van der Waals surface area contributed by atoms with Crippen molar-refractivity contribution in [2.45, 2.75) is 25.5 Å². The largest absolute Gasteiger partial charge is 0.392 e. The van der Waals surface area contributed by atoms with Crippen molar-refractivity contribution >= 4 is 11.8 Å². The van der Waals surface area contributed by atoms with E-state index in [1.54, 1.807) is 0 Å². The zero-order valence-electron chi connectivity index (χ0n) is 9.69. The summed E-state index contributed by atoms with van der Waals surface area (Å²) in [4.78, 5) is 24.6. The number of β-amino-alcohol motifs (C(OH)–C–C–N with tert-alkyl or cyclic N) is 1. The highest BCUT2D eigenvalue weighted by atomic mass is 16.3. The van der Waals surface area contributed by atoms with Crippen LogP contribution < -0.4 is 10.6 Å². The zero-order chi connectivity index (χ0) is 12.1. The molecule has 0 saturated carbocycles. The second kappa shape index (κ2) is 5.81. The number of carbonyl (C=O) groups excluding carboxylic acids is 2. The summed E-state index contributed by atoms with van der Waals surface area (Å²) in [5.41, 5.74) is 0. The molecule has 0 aromatic carbocycles. The number of amides is 2. The lowest BCUT2D eigenvalue weighted by Gasteiger charge is -2.23. The van der Waals surface area contributed by atoms with Crippen LogP contribution in [0.25, 0.3) is 0 Å². The van der Waals surface area contributed by atoms with Crippen LogP contribution in [0, 0.1) is 0 Å². The molecule has 1 aliphatic rings. The van der Waals surface area contributed by atoms with Gasteiger partial charge in [-0.2, -0.15) is 0 Å². The Kier molecular flexibility index (Phi) is 4.70. The van der Waals surface area contributed by atoms with Crippen LogP contribution in [0.2, 0.25) is 0 Å². The fourth-order valence-electron chi connectivity index (χ4n) is 1.72. The minimum Gasteiger partial charge on any atom is -0.392 e. The van der Waals surface area contributed by atoms with Crippen LogP contribution in [0.15, 0.2) is 0 Å². The number of rotatable bonds is 4. The van der Waals surface area contributed by atoms with Crippen LogP contribution in [0.1, 0.15) is 13.3 Å². The van der Waals surface area contributed by atoms with E-state index in [0.717, 1.165) is 0 Å². The summed E-state index contributed by atoms with van der Waals surface area (Å²) in [7, 11) is 1.54. The molecule has 0 aliphatic carbocycles. The Morgan fingerprint density at radius 2 is 2.25 bits per heavy atom. The maximum absolute atomic E-state index is 11.9. The quantitative estimate of drug-likeness (QED) is 0.537. The molecule has 2 amide bonds. The van der Waals surface area contributed by atoms with E-state index in [1.165, 1.54) is 11.9 Å². The highest BCUT2D eigenvalue weighted by Crippen LogP contribution is 2.09. The standard InChI is InChI=1S/C10H19N3O3/c1-3-13(6-9(15)11-2)10(16)8-4-7(14)5-12-8/h7-8,12,14H,3-6H2,1-2H3,(H,11,15). The molecule has 1 aliphatic heterocycles. The Bertz CT molecular complexity index is 270. The monoisotopic (exact) mass is 229 g/mol. The predicted octanol–water partition coefficient (Wildman–Crippen LogP) is -1.70. The van der Waals surface area contributed by atoms with Gasteiger partial charge < -0.3 is 20.6 Å². The minimum absolute atomic E-state index is 0.0696. The van der Waals surface area contributed by atoms with Gasteiger partial charge >= 0.3 is 0 Å². The summed E-state index contributed by atoms with van der Waals surface area (Å²) < 4.78 is 0.